The van der Waals surface area contributed by atoms with Gasteiger partial charge in [0.2, 0.25) is 0 Å². The van der Waals surface area contributed by atoms with E-state index in [0.717, 1.165) is 10.4 Å². The molecule has 0 radical (unpaired) electrons. The molecule has 2 heterocycles. The minimum atomic E-state index is -1.03. The van der Waals surface area contributed by atoms with Crippen LogP contribution in [0.4, 0.5) is 0 Å². The fourth-order valence-electron chi connectivity index (χ4n) is 2.27. The summed E-state index contributed by atoms with van der Waals surface area (Å²) in [6.45, 7) is 1.37. The number of aromatic nitrogens is 6. The smallest absolute Gasteiger partial charge is 0.361 e. The number of nitrogens with zero attached hydrogens (tertiary/aromatic N) is 5. The van der Waals surface area contributed by atoms with E-state index in [1.807, 2.05) is 12.1 Å². The molecule has 2 N–H and O–H groups in total. The maximum Gasteiger partial charge on any atom is 0.361 e. The Morgan fingerprint density at radius 3 is 2.88 bits per heavy atom. The number of hydrogen-bond acceptors (Lipinski definition) is 7. The number of carboxylic acids is 1. The number of imidazole rings is 1. The van der Waals surface area contributed by atoms with Crippen molar-refractivity contribution in [2.75, 3.05) is 0 Å². The van der Waals surface area contributed by atoms with Gasteiger partial charge < -0.3 is 14.8 Å². The quantitative estimate of drug-likeness (QED) is 0.620. The maximum atomic E-state index is 12.0. The first-order valence-electron chi connectivity index (χ1n) is 7.82. The number of ketones is 1. The standard InChI is InChI=1S/C16H16N6O4/c1-10(8-14(24)25)12(23)9-22-20-16(19-21-22)26-13-5-3-2-4-11(13)15-17-6-7-18-15/h2-7,10H,8-9H2,1H3,(H,17,18)(H,24,25). The molecular formula is C16H16N6O4. The average molecular weight is 356 g/mol. The van der Waals surface area contributed by atoms with E-state index in [9.17, 15) is 9.59 Å². The number of hydrogen-bond donors (Lipinski definition) is 2. The van der Waals surface area contributed by atoms with Gasteiger partial charge in [-0.25, -0.2) is 4.98 Å². The van der Waals surface area contributed by atoms with Crippen molar-refractivity contribution in [1.82, 2.24) is 30.2 Å². The fraction of sp³-hybridized carbons (Fsp3) is 0.250. The summed E-state index contributed by atoms with van der Waals surface area (Å²) in [5.74, 6) is -0.857. The number of para-hydroxylation sites is 1. The summed E-state index contributed by atoms with van der Waals surface area (Å²) in [5, 5.41) is 20.3. The second kappa shape index (κ2) is 7.55. The van der Waals surface area contributed by atoms with Gasteiger partial charge in [-0.1, -0.05) is 29.3 Å². The Hall–Kier alpha value is -3.56. The van der Waals surface area contributed by atoms with Crippen molar-refractivity contribution in [3.05, 3.63) is 36.7 Å². The van der Waals surface area contributed by atoms with Crippen LogP contribution in [0.25, 0.3) is 11.4 Å². The number of carbonyl (C=O) groups is 2. The Kier molecular flexibility index (Phi) is 5.02. The number of tetrazole rings is 1. The lowest BCUT2D eigenvalue weighted by atomic mass is 10.0. The Morgan fingerprint density at radius 2 is 2.15 bits per heavy atom. The Bertz CT molecular complexity index is 905. The lowest BCUT2D eigenvalue weighted by Crippen LogP contribution is -2.21. The summed E-state index contributed by atoms with van der Waals surface area (Å²) in [5.41, 5.74) is 0.722. The van der Waals surface area contributed by atoms with E-state index in [4.69, 9.17) is 9.84 Å². The molecule has 0 spiro atoms. The van der Waals surface area contributed by atoms with Crippen LogP contribution in [0.5, 0.6) is 11.8 Å². The second-order valence-electron chi connectivity index (χ2n) is 5.60. The van der Waals surface area contributed by atoms with Gasteiger partial charge in [0.05, 0.1) is 12.0 Å². The molecule has 2 aromatic heterocycles. The average Bonchev–Trinajstić information content (AvgIpc) is 3.27. The first kappa shape index (κ1) is 17.3. The van der Waals surface area contributed by atoms with Crippen LogP contribution in [0.3, 0.4) is 0 Å². The molecule has 1 aromatic carbocycles. The molecule has 0 saturated heterocycles. The number of benzene rings is 1. The molecule has 3 aromatic rings. The van der Waals surface area contributed by atoms with Crippen LogP contribution in [0.1, 0.15) is 13.3 Å². The van der Waals surface area contributed by atoms with Crippen molar-refractivity contribution in [2.24, 2.45) is 5.92 Å². The molecule has 0 aliphatic heterocycles. The highest BCUT2D eigenvalue weighted by molar-refractivity contribution is 5.84. The summed E-state index contributed by atoms with van der Waals surface area (Å²) in [7, 11) is 0. The fourth-order valence-corrected chi connectivity index (χ4v) is 2.27. The third-order valence-corrected chi connectivity index (χ3v) is 3.60. The zero-order chi connectivity index (χ0) is 18.5. The van der Waals surface area contributed by atoms with Gasteiger partial charge in [0, 0.05) is 18.3 Å². The van der Waals surface area contributed by atoms with Gasteiger partial charge in [0.15, 0.2) is 5.78 Å². The van der Waals surface area contributed by atoms with E-state index in [2.05, 4.69) is 25.4 Å². The molecule has 10 nitrogen and oxygen atoms in total. The molecule has 0 bridgehead atoms. The maximum absolute atomic E-state index is 12.0. The monoisotopic (exact) mass is 356 g/mol. The highest BCUT2D eigenvalue weighted by Crippen LogP contribution is 2.29. The molecule has 3 rings (SSSR count). The van der Waals surface area contributed by atoms with Crippen LogP contribution in [0.2, 0.25) is 0 Å². The second-order valence-corrected chi connectivity index (χ2v) is 5.60. The van der Waals surface area contributed by atoms with E-state index < -0.39 is 11.9 Å². The number of carbonyl (C=O) groups excluding carboxylic acids is 1. The predicted octanol–water partition coefficient (Wildman–Crippen LogP) is 1.54. The van der Waals surface area contributed by atoms with Crippen molar-refractivity contribution in [1.29, 1.82) is 0 Å². The van der Waals surface area contributed by atoms with Crippen LogP contribution in [0.15, 0.2) is 36.7 Å². The molecule has 0 saturated carbocycles. The van der Waals surface area contributed by atoms with Crippen molar-refractivity contribution in [3.63, 3.8) is 0 Å². The Labute approximate surface area is 147 Å². The van der Waals surface area contributed by atoms with Crippen LogP contribution < -0.4 is 4.74 Å². The molecule has 0 fully saturated rings. The van der Waals surface area contributed by atoms with Crippen LogP contribution in [0, 0.1) is 5.92 Å². The topological polar surface area (TPSA) is 136 Å². The number of carboxylic acid groups (broad SMARTS) is 1. The molecule has 0 amide bonds. The Balaban J connectivity index is 1.70. The first-order chi connectivity index (χ1) is 12.5. The Morgan fingerprint density at radius 1 is 1.35 bits per heavy atom. The molecular weight excluding hydrogens is 340 g/mol. The van der Waals surface area contributed by atoms with E-state index in [1.54, 1.807) is 31.5 Å². The third-order valence-electron chi connectivity index (χ3n) is 3.60. The largest absolute Gasteiger partial charge is 0.481 e. The zero-order valence-electron chi connectivity index (χ0n) is 13.9. The molecule has 10 heteroatoms. The number of aliphatic carboxylic acids is 1. The third kappa shape index (κ3) is 4.09. The molecule has 26 heavy (non-hydrogen) atoms. The number of rotatable bonds is 8. The van der Waals surface area contributed by atoms with E-state index in [1.165, 1.54) is 0 Å². The van der Waals surface area contributed by atoms with Gasteiger partial charge in [-0.3, -0.25) is 9.59 Å². The summed E-state index contributed by atoms with van der Waals surface area (Å²) < 4.78 is 5.65. The lowest BCUT2D eigenvalue weighted by Gasteiger charge is -2.06. The van der Waals surface area contributed by atoms with Crippen molar-refractivity contribution < 1.29 is 19.4 Å². The number of Topliss-reactive ketones (excluding diaryl/α,β-unsaturated/α-hetero) is 1. The van der Waals surface area contributed by atoms with Gasteiger partial charge >= 0.3 is 12.0 Å². The summed E-state index contributed by atoms with van der Waals surface area (Å²) >= 11 is 0. The highest BCUT2D eigenvalue weighted by Gasteiger charge is 2.19. The van der Waals surface area contributed by atoms with E-state index in [-0.39, 0.29) is 24.8 Å². The van der Waals surface area contributed by atoms with E-state index >= 15 is 0 Å². The molecule has 0 aliphatic rings. The highest BCUT2D eigenvalue weighted by atomic mass is 16.5. The van der Waals surface area contributed by atoms with E-state index in [0.29, 0.717) is 11.6 Å². The van der Waals surface area contributed by atoms with Gasteiger partial charge in [0.1, 0.15) is 18.1 Å². The predicted molar refractivity (Wildman–Crippen MR) is 88.3 cm³/mol. The minimum Gasteiger partial charge on any atom is -0.481 e. The molecule has 1 unspecified atom stereocenters. The number of H-pyrrole nitrogens is 1. The number of aromatic amines is 1. The van der Waals surface area contributed by atoms with Crippen LogP contribution in [-0.2, 0) is 16.1 Å². The van der Waals surface area contributed by atoms with Gasteiger partial charge in [-0.05, 0) is 17.3 Å². The zero-order valence-corrected chi connectivity index (χ0v) is 13.9. The number of ether oxygens (including phenoxy) is 1. The van der Waals surface area contributed by atoms with Gasteiger partial charge in [-0.2, -0.15) is 4.80 Å². The molecule has 134 valence electrons. The van der Waals surface area contributed by atoms with Crippen LogP contribution >= 0.6 is 0 Å². The van der Waals surface area contributed by atoms with Gasteiger partial charge in [-0.15, -0.1) is 0 Å². The molecule has 1 atom stereocenters. The minimum absolute atomic E-state index is 0.0253. The number of nitrogens with one attached hydrogen (secondary N) is 1. The first-order valence-corrected chi connectivity index (χ1v) is 7.82. The summed E-state index contributed by atoms with van der Waals surface area (Å²) in [6, 6.07) is 7.18. The van der Waals surface area contributed by atoms with Crippen molar-refractivity contribution in [2.45, 2.75) is 19.9 Å². The molecule has 0 aliphatic carbocycles. The lowest BCUT2D eigenvalue weighted by molar-refractivity contribution is -0.140. The summed E-state index contributed by atoms with van der Waals surface area (Å²) in [6.07, 6.45) is 3.09. The van der Waals surface area contributed by atoms with Crippen LogP contribution in [-0.4, -0.2) is 47.0 Å². The van der Waals surface area contributed by atoms with Crippen molar-refractivity contribution in [3.8, 4) is 23.1 Å². The van der Waals surface area contributed by atoms with Gasteiger partial charge in [0.25, 0.3) is 0 Å². The summed E-state index contributed by atoms with van der Waals surface area (Å²) in [4.78, 5) is 30.9. The van der Waals surface area contributed by atoms with Crippen molar-refractivity contribution >= 4 is 11.8 Å². The normalized spacial score (nSPS) is 11.9. The SMILES string of the molecule is CC(CC(=O)O)C(=O)Cn1nnc(Oc2ccccc2-c2ncc[nH]2)n1.